The Morgan fingerprint density at radius 2 is 1.91 bits per heavy atom. The maximum atomic E-state index is 12.5. The molecule has 1 aromatic heterocycles. The first-order chi connectivity index (χ1) is 10.8. The van der Waals surface area contributed by atoms with Crippen molar-refractivity contribution in [2.75, 3.05) is 5.32 Å². The quantitative estimate of drug-likeness (QED) is 0.820. The van der Waals surface area contributed by atoms with Crippen molar-refractivity contribution in [2.45, 2.75) is 26.4 Å². The number of hydrogen-bond acceptors (Lipinski definition) is 4. The molecule has 2 aromatic rings. The van der Waals surface area contributed by atoms with E-state index in [1.165, 1.54) is 6.20 Å². The van der Waals surface area contributed by atoms with Gasteiger partial charge in [0.25, 0.3) is 5.91 Å². The van der Waals surface area contributed by atoms with Gasteiger partial charge in [0.05, 0.1) is 23.0 Å². The number of ether oxygens (including phenoxy) is 1. The van der Waals surface area contributed by atoms with Gasteiger partial charge in [-0.3, -0.25) is 9.78 Å². The fourth-order valence-corrected chi connectivity index (χ4v) is 2.21. The predicted octanol–water partition coefficient (Wildman–Crippen LogP) is 4.05. The summed E-state index contributed by atoms with van der Waals surface area (Å²) in [5.41, 5.74) is 0.357. The zero-order chi connectivity index (χ0) is 17.0. The second kappa shape index (κ2) is 6.91. The summed E-state index contributed by atoms with van der Waals surface area (Å²) in [6, 6.07) is 8.28. The molecule has 0 aliphatic rings. The molecular formula is C17H17BrN2O3. The first-order valence-electron chi connectivity index (χ1n) is 7.00. The third-order valence-corrected chi connectivity index (χ3v) is 3.26. The number of carbonyl (C=O) groups is 2. The summed E-state index contributed by atoms with van der Waals surface area (Å²) in [6.45, 7) is 5.33. The molecule has 0 saturated carbocycles. The van der Waals surface area contributed by atoms with Gasteiger partial charge in [0.1, 0.15) is 5.60 Å². The van der Waals surface area contributed by atoms with E-state index in [9.17, 15) is 9.59 Å². The molecule has 0 atom stereocenters. The van der Waals surface area contributed by atoms with Crippen molar-refractivity contribution in [3.05, 3.63) is 58.3 Å². The van der Waals surface area contributed by atoms with Crippen molar-refractivity contribution in [1.29, 1.82) is 0 Å². The number of halogens is 1. The Labute approximate surface area is 143 Å². The largest absolute Gasteiger partial charge is 0.456 e. The first kappa shape index (κ1) is 17.1. The number of nitrogens with zero attached hydrogens (tertiary/aromatic N) is 1. The third kappa shape index (κ3) is 4.89. The van der Waals surface area contributed by atoms with Gasteiger partial charge in [-0.1, -0.05) is 15.9 Å². The summed E-state index contributed by atoms with van der Waals surface area (Å²) in [4.78, 5) is 28.7. The van der Waals surface area contributed by atoms with E-state index in [1.54, 1.807) is 57.3 Å². The van der Waals surface area contributed by atoms with Crippen molar-refractivity contribution in [3.8, 4) is 0 Å². The zero-order valence-corrected chi connectivity index (χ0v) is 14.7. The lowest BCUT2D eigenvalue weighted by Gasteiger charge is -2.20. The number of esters is 1. The molecule has 23 heavy (non-hydrogen) atoms. The van der Waals surface area contributed by atoms with E-state index in [-0.39, 0.29) is 11.1 Å². The van der Waals surface area contributed by atoms with Crippen molar-refractivity contribution < 1.29 is 14.3 Å². The number of carbonyl (C=O) groups excluding carboxylic acids is 2. The van der Waals surface area contributed by atoms with Crippen LogP contribution in [0.5, 0.6) is 0 Å². The molecular weight excluding hydrogens is 360 g/mol. The van der Waals surface area contributed by atoms with Crippen LogP contribution in [0, 0.1) is 0 Å². The van der Waals surface area contributed by atoms with Gasteiger partial charge in [0.15, 0.2) is 0 Å². The average molecular weight is 377 g/mol. The van der Waals surface area contributed by atoms with E-state index in [0.29, 0.717) is 10.2 Å². The Hall–Kier alpha value is -2.21. The summed E-state index contributed by atoms with van der Waals surface area (Å²) in [5.74, 6) is -0.943. The van der Waals surface area contributed by atoms with E-state index >= 15 is 0 Å². The Bertz CT molecular complexity index is 724. The highest BCUT2D eigenvalue weighted by molar-refractivity contribution is 9.10. The Morgan fingerprint density at radius 3 is 2.52 bits per heavy atom. The van der Waals surface area contributed by atoms with Crippen LogP contribution in [0.4, 0.5) is 5.69 Å². The van der Waals surface area contributed by atoms with Crippen LogP contribution in [0.15, 0.2) is 47.2 Å². The highest BCUT2D eigenvalue weighted by Gasteiger charge is 2.23. The van der Waals surface area contributed by atoms with Crippen LogP contribution in [0.3, 0.4) is 0 Å². The lowest BCUT2D eigenvalue weighted by Crippen LogP contribution is -2.26. The minimum atomic E-state index is -0.638. The number of nitrogens with one attached hydrogen (secondary N) is 1. The van der Waals surface area contributed by atoms with Crippen LogP contribution in [-0.2, 0) is 4.74 Å². The van der Waals surface area contributed by atoms with Gasteiger partial charge in [-0.15, -0.1) is 0 Å². The van der Waals surface area contributed by atoms with E-state index < -0.39 is 17.5 Å². The van der Waals surface area contributed by atoms with Crippen LogP contribution in [0.25, 0.3) is 0 Å². The van der Waals surface area contributed by atoms with E-state index in [2.05, 4.69) is 26.2 Å². The number of anilines is 1. The summed E-state index contributed by atoms with van der Waals surface area (Å²) in [6.07, 6.45) is 3.14. The molecule has 6 heteroatoms. The fourth-order valence-electron chi connectivity index (χ4n) is 1.85. The highest BCUT2D eigenvalue weighted by atomic mass is 79.9. The molecule has 0 fully saturated rings. The zero-order valence-electron chi connectivity index (χ0n) is 13.1. The molecule has 0 saturated heterocycles. The Kier molecular flexibility index (Phi) is 5.15. The van der Waals surface area contributed by atoms with Crippen molar-refractivity contribution in [2.24, 2.45) is 0 Å². The normalized spacial score (nSPS) is 11.0. The molecule has 1 amide bonds. The van der Waals surface area contributed by atoms with Crippen molar-refractivity contribution in [1.82, 2.24) is 4.98 Å². The minimum absolute atomic E-state index is 0.213. The number of hydrogen-bond donors (Lipinski definition) is 1. The molecule has 2 rings (SSSR count). The first-order valence-corrected chi connectivity index (χ1v) is 7.80. The maximum Gasteiger partial charge on any atom is 0.339 e. The fraction of sp³-hybridized carbons (Fsp3) is 0.235. The highest BCUT2D eigenvalue weighted by Crippen LogP contribution is 2.21. The van der Waals surface area contributed by atoms with Gasteiger partial charge in [-0.2, -0.15) is 0 Å². The minimum Gasteiger partial charge on any atom is -0.456 e. The van der Waals surface area contributed by atoms with Crippen LogP contribution in [-0.4, -0.2) is 22.5 Å². The van der Waals surface area contributed by atoms with E-state index in [0.717, 1.165) is 0 Å². The van der Waals surface area contributed by atoms with Gasteiger partial charge in [0.2, 0.25) is 0 Å². The molecule has 120 valence electrons. The molecule has 0 spiro atoms. The van der Waals surface area contributed by atoms with Gasteiger partial charge in [-0.25, -0.2) is 4.79 Å². The second-order valence-corrected chi connectivity index (χ2v) is 6.80. The Balaban J connectivity index is 2.31. The molecule has 1 heterocycles. The number of pyridine rings is 1. The molecule has 0 radical (unpaired) electrons. The Morgan fingerprint density at radius 1 is 1.17 bits per heavy atom. The lowest BCUT2D eigenvalue weighted by molar-refractivity contribution is 0.00678. The molecule has 0 aliphatic heterocycles. The van der Waals surface area contributed by atoms with Gasteiger partial charge >= 0.3 is 5.97 Å². The molecule has 5 nitrogen and oxygen atoms in total. The number of amides is 1. The summed E-state index contributed by atoms with van der Waals surface area (Å²) >= 11 is 3.32. The molecule has 0 aliphatic carbocycles. The van der Waals surface area contributed by atoms with Crippen LogP contribution in [0.2, 0.25) is 0 Å². The van der Waals surface area contributed by atoms with Crippen LogP contribution in [0.1, 0.15) is 41.5 Å². The standard InChI is InChI=1S/C17H17BrN2O3/c1-17(2,3)23-16(22)13-7-6-11(18)9-14(13)15(21)20-12-5-4-8-19-10-12/h4-10H,1-3H3,(H,20,21). The smallest absolute Gasteiger partial charge is 0.339 e. The van der Waals surface area contributed by atoms with Crippen molar-refractivity contribution in [3.63, 3.8) is 0 Å². The number of rotatable bonds is 3. The molecule has 0 unspecified atom stereocenters. The summed E-state index contributed by atoms with van der Waals surface area (Å²) in [5, 5.41) is 2.71. The SMILES string of the molecule is CC(C)(C)OC(=O)c1ccc(Br)cc1C(=O)Nc1cccnc1. The summed E-state index contributed by atoms with van der Waals surface area (Å²) in [7, 11) is 0. The van der Waals surface area contributed by atoms with Gasteiger partial charge < -0.3 is 10.1 Å². The van der Waals surface area contributed by atoms with Crippen LogP contribution >= 0.6 is 15.9 Å². The number of benzene rings is 1. The maximum absolute atomic E-state index is 12.5. The number of aromatic nitrogens is 1. The third-order valence-electron chi connectivity index (χ3n) is 2.76. The van der Waals surface area contributed by atoms with Crippen molar-refractivity contribution >= 4 is 33.5 Å². The molecule has 1 N–H and O–H groups in total. The van der Waals surface area contributed by atoms with E-state index in [1.807, 2.05) is 0 Å². The predicted molar refractivity (Wildman–Crippen MR) is 91.5 cm³/mol. The monoisotopic (exact) mass is 376 g/mol. The van der Waals surface area contributed by atoms with E-state index in [4.69, 9.17) is 4.74 Å². The summed E-state index contributed by atoms with van der Waals surface area (Å²) < 4.78 is 6.05. The topological polar surface area (TPSA) is 68.3 Å². The lowest BCUT2D eigenvalue weighted by atomic mass is 10.1. The van der Waals surface area contributed by atoms with Gasteiger partial charge in [-0.05, 0) is 51.1 Å². The van der Waals surface area contributed by atoms with Crippen LogP contribution < -0.4 is 5.32 Å². The molecule has 0 bridgehead atoms. The molecule has 1 aromatic carbocycles. The second-order valence-electron chi connectivity index (χ2n) is 5.89. The van der Waals surface area contributed by atoms with Gasteiger partial charge in [0, 0.05) is 10.7 Å². The average Bonchev–Trinajstić information content (AvgIpc) is 2.46.